The Labute approximate surface area is 93.6 Å². The predicted molar refractivity (Wildman–Crippen MR) is 59.1 cm³/mol. The summed E-state index contributed by atoms with van der Waals surface area (Å²) >= 11 is 1.08. The van der Waals surface area contributed by atoms with Crippen LogP contribution < -0.4 is 5.32 Å². The van der Waals surface area contributed by atoms with Gasteiger partial charge in [-0.1, -0.05) is 0 Å². The average molecular weight is 235 g/mol. The molecule has 0 fully saturated rings. The number of carboxylic acids is 1. The Hall–Kier alpha value is -0.750. The molecule has 6 heteroatoms. The smallest absolute Gasteiger partial charge is 0.313 e. The van der Waals surface area contributed by atoms with Gasteiger partial charge in [-0.25, -0.2) is 0 Å². The Morgan fingerprint density at radius 1 is 1.40 bits per heavy atom. The van der Waals surface area contributed by atoms with Gasteiger partial charge in [-0.2, -0.15) is 0 Å². The first-order valence-corrected chi connectivity index (χ1v) is 5.85. The molecular formula is C9H17NO4S. The van der Waals surface area contributed by atoms with Gasteiger partial charge in [-0.3, -0.25) is 9.59 Å². The topological polar surface area (TPSA) is 75.6 Å². The largest absolute Gasteiger partial charge is 0.481 e. The first-order chi connectivity index (χ1) is 7.02. The molecule has 0 unspecified atom stereocenters. The molecular weight excluding hydrogens is 218 g/mol. The summed E-state index contributed by atoms with van der Waals surface area (Å²) in [6.45, 7) is 4.78. The highest BCUT2D eigenvalue weighted by Gasteiger charge is 2.03. The minimum absolute atomic E-state index is 0.0457. The van der Waals surface area contributed by atoms with E-state index in [0.717, 1.165) is 11.8 Å². The average Bonchev–Trinajstić information content (AvgIpc) is 2.11. The fourth-order valence-corrected chi connectivity index (χ4v) is 1.33. The summed E-state index contributed by atoms with van der Waals surface area (Å²) < 4.78 is 5.22. The van der Waals surface area contributed by atoms with Gasteiger partial charge in [0, 0.05) is 6.54 Å². The Bertz CT molecular complexity index is 208. The molecule has 88 valence electrons. The highest BCUT2D eigenvalue weighted by Crippen LogP contribution is 1.97. The molecule has 0 bridgehead atoms. The number of thioether (sulfide) groups is 1. The van der Waals surface area contributed by atoms with Gasteiger partial charge in [0.2, 0.25) is 5.91 Å². The normalized spacial score (nSPS) is 10.3. The number of hydrogen-bond acceptors (Lipinski definition) is 4. The van der Waals surface area contributed by atoms with Gasteiger partial charge in [0.25, 0.3) is 0 Å². The van der Waals surface area contributed by atoms with Crippen molar-refractivity contribution in [3.8, 4) is 0 Å². The number of carboxylic acid groups (broad SMARTS) is 1. The van der Waals surface area contributed by atoms with Crippen molar-refractivity contribution in [2.45, 2.75) is 20.0 Å². The first-order valence-electron chi connectivity index (χ1n) is 4.70. The van der Waals surface area contributed by atoms with Gasteiger partial charge in [0.15, 0.2) is 0 Å². The summed E-state index contributed by atoms with van der Waals surface area (Å²) in [5.74, 6) is -0.936. The number of carbonyl (C=O) groups is 2. The maximum atomic E-state index is 11.1. The molecule has 0 aromatic carbocycles. The van der Waals surface area contributed by atoms with Crippen molar-refractivity contribution in [1.29, 1.82) is 0 Å². The molecule has 15 heavy (non-hydrogen) atoms. The van der Waals surface area contributed by atoms with Crippen LogP contribution in [0.3, 0.4) is 0 Å². The minimum Gasteiger partial charge on any atom is -0.481 e. The van der Waals surface area contributed by atoms with E-state index in [-0.39, 0.29) is 23.5 Å². The Kier molecular flexibility index (Phi) is 8.12. The minimum atomic E-state index is -0.907. The maximum absolute atomic E-state index is 11.1. The second-order valence-corrected chi connectivity index (χ2v) is 4.14. The second kappa shape index (κ2) is 8.55. The van der Waals surface area contributed by atoms with Gasteiger partial charge >= 0.3 is 5.97 Å². The third kappa shape index (κ3) is 11.2. The van der Waals surface area contributed by atoms with Crippen LogP contribution in [0, 0.1) is 0 Å². The molecule has 0 radical (unpaired) electrons. The van der Waals surface area contributed by atoms with Crippen LogP contribution in [0.1, 0.15) is 13.8 Å². The lowest BCUT2D eigenvalue weighted by Gasteiger charge is -2.08. The third-order valence-corrected chi connectivity index (χ3v) is 2.25. The zero-order chi connectivity index (χ0) is 11.7. The number of nitrogens with one attached hydrogen (secondary N) is 1. The molecule has 0 saturated heterocycles. The van der Waals surface area contributed by atoms with Crippen LogP contribution in [-0.4, -0.2) is 47.7 Å². The van der Waals surface area contributed by atoms with Crippen molar-refractivity contribution in [3.05, 3.63) is 0 Å². The Morgan fingerprint density at radius 2 is 2.07 bits per heavy atom. The van der Waals surface area contributed by atoms with E-state index in [1.54, 1.807) is 0 Å². The molecule has 0 aliphatic heterocycles. The van der Waals surface area contributed by atoms with Gasteiger partial charge in [0.05, 0.1) is 24.2 Å². The van der Waals surface area contributed by atoms with E-state index in [2.05, 4.69) is 5.32 Å². The monoisotopic (exact) mass is 235 g/mol. The number of hydrogen-bond donors (Lipinski definition) is 2. The van der Waals surface area contributed by atoms with E-state index in [1.165, 1.54) is 0 Å². The molecule has 2 N–H and O–H groups in total. The van der Waals surface area contributed by atoms with Gasteiger partial charge < -0.3 is 15.2 Å². The van der Waals surface area contributed by atoms with Crippen LogP contribution in [-0.2, 0) is 14.3 Å². The van der Waals surface area contributed by atoms with Crippen LogP contribution in [0.25, 0.3) is 0 Å². The number of amides is 1. The number of carbonyl (C=O) groups excluding carboxylic acids is 1. The van der Waals surface area contributed by atoms with Crippen molar-refractivity contribution in [2.24, 2.45) is 0 Å². The lowest BCUT2D eigenvalue weighted by atomic mass is 10.5. The SMILES string of the molecule is CC(C)OCCNC(=O)CSCC(=O)O. The van der Waals surface area contributed by atoms with E-state index < -0.39 is 5.97 Å². The summed E-state index contributed by atoms with van der Waals surface area (Å²) in [4.78, 5) is 21.2. The van der Waals surface area contributed by atoms with Crippen molar-refractivity contribution < 1.29 is 19.4 Å². The first kappa shape index (κ1) is 14.2. The van der Waals surface area contributed by atoms with Crippen LogP contribution in [0.4, 0.5) is 0 Å². The Balaban J connectivity index is 3.30. The molecule has 0 aromatic rings. The van der Waals surface area contributed by atoms with E-state index in [1.807, 2.05) is 13.8 Å². The number of ether oxygens (including phenoxy) is 1. The predicted octanol–water partition coefficient (Wildman–Crippen LogP) is 0.345. The van der Waals surface area contributed by atoms with Gasteiger partial charge in [0.1, 0.15) is 0 Å². The van der Waals surface area contributed by atoms with Crippen LogP contribution in [0.15, 0.2) is 0 Å². The van der Waals surface area contributed by atoms with E-state index in [4.69, 9.17) is 9.84 Å². The maximum Gasteiger partial charge on any atom is 0.313 e. The molecule has 0 aromatic heterocycles. The fraction of sp³-hybridized carbons (Fsp3) is 0.778. The van der Waals surface area contributed by atoms with Crippen molar-refractivity contribution in [2.75, 3.05) is 24.7 Å². The highest BCUT2D eigenvalue weighted by molar-refractivity contribution is 8.00. The Morgan fingerprint density at radius 3 is 2.60 bits per heavy atom. The zero-order valence-electron chi connectivity index (χ0n) is 8.99. The molecule has 1 amide bonds. The van der Waals surface area contributed by atoms with Gasteiger partial charge in [-0.05, 0) is 13.8 Å². The van der Waals surface area contributed by atoms with E-state index in [9.17, 15) is 9.59 Å². The molecule has 0 spiro atoms. The second-order valence-electron chi connectivity index (χ2n) is 3.16. The summed E-state index contributed by atoms with van der Waals surface area (Å²) in [5.41, 5.74) is 0. The molecule has 0 saturated carbocycles. The van der Waals surface area contributed by atoms with Crippen LogP contribution >= 0.6 is 11.8 Å². The lowest BCUT2D eigenvalue weighted by molar-refractivity contribution is -0.133. The molecule has 0 aliphatic rings. The summed E-state index contributed by atoms with van der Waals surface area (Å²) in [6.07, 6.45) is 0.156. The molecule has 0 heterocycles. The molecule has 0 rings (SSSR count). The fourth-order valence-electron chi connectivity index (χ4n) is 0.767. The zero-order valence-corrected chi connectivity index (χ0v) is 9.80. The van der Waals surface area contributed by atoms with Crippen molar-refractivity contribution >= 4 is 23.6 Å². The van der Waals surface area contributed by atoms with E-state index >= 15 is 0 Å². The summed E-state index contributed by atoms with van der Waals surface area (Å²) in [6, 6.07) is 0. The third-order valence-electron chi connectivity index (χ3n) is 1.33. The quantitative estimate of drug-likeness (QED) is 0.594. The molecule has 0 atom stereocenters. The van der Waals surface area contributed by atoms with Crippen molar-refractivity contribution in [1.82, 2.24) is 5.32 Å². The number of aliphatic carboxylic acids is 1. The molecule has 0 aliphatic carbocycles. The molecule has 5 nitrogen and oxygen atoms in total. The lowest BCUT2D eigenvalue weighted by Crippen LogP contribution is -2.29. The highest BCUT2D eigenvalue weighted by atomic mass is 32.2. The number of rotatable bonds is 8. The van der Waals surface area contributed by atoms with Gasteiger partial charge in [-0.15, -0.1) is 11.8 Å². The van der Waals surface area contributed by atoms with E-state index in [0.29, 0.717) is 13.2 Å². The van der Waals surface area contributed by atoms with Crippen LogP contribution in [0.5, 0.6) is 0 Å². The van der Waals surface area contributed by atoms with Crippen molar-refractivity contribution in [3.63, 3.8) is 0 Å². The van der Waals surface area contributed by atoms with Crippen LogP contribution in [0.2, 0.25) is 0 Å². The summed E-state index contributed by atoms with van der Waals surface area (Å²) in [5, 5.41) is 11.0. The summed E-state index contributed by atoms with van der Waals surface area (Å²) in [7, 11) is 0. The standard InChI is InChI=1S/C9H17NO4S/c1-7(2)14-4-3-10-8(11)5-15-6-9(12)13/h7H,3-6H2,1-2H3,(H,10,11)(H,12,13).